The zero-order valence-corrected chi connectivity index (χ0v) is 18.6. The monoisotopic (exact) mass is 471 g/mol. The largest absolute Gasteiger partial charge is 0.354 e. The first-order chi connectivity index (χ1) is 14.5. The van der Waals surface area contributed by atoms with E-state index in [9.17, 15) is 9.59 Å². The molecule has 4 rings (SSSR count). The minimum atomic E-state index is -0.347. The molecule has 1 unspecified atom stereocenters. The van der Waals surface area contributed by atoms with Crippen molar-refractivity contribution in [1.82, 2.24) is 15.2 Å². The van der Waals surface area contributed by atoms with Gasteiger partial charge in [-0.1, -0.05) is 28.1 Å². The lowest BCUT2D eigenvalue weighted by Crippen LogP contribution is -2.45. The average molecular weight is 472 g/mol. The fourth-order valence-corrected chi connectivity index (χ4v) is 4.36. The standard InChI is InChI=1S/C22H26BrN5O2/c1-26-8-10-27(11-9-26)21-16(4-3-7-24-21)14-25-22(30)17-12-20(29)28(15-17)19-6-2-5-18(23)13-19/h2-7,13,17H,8-12,14-15H2,1H3,(H,25,30). The molecule has 0 aliphatic carbocycles. The maximum atomic E-state index is 12.8. The number of benzene rings is 1. The second kappa shape index (κ2) is 9.14. The van der Waals surface area contributed by atoms with Crippen LogP contribution in [0.25, 0.3) is 0 Å². The summed E-state index contributed by atoms with van der Waals surface area (Å²) >= 11 is 3.44. The SMILES string of the molecule is CN1CCN(c2ncccc2CNC(=O)C2CC(=O)N(c3cccc(Br)c3)C2)CC1. The van der Waals surface area contributed by atoms with Crippen molar-refractivity contribution in [2.75, 3.05) is 49.6 Å². The van der Waals surface area contributed by atoms with Crippen LogP contribution >= 0.6 is 15.9 Å². The van der Waals surface area contributed by atoms with Crippen LogP contribution in [0.3, 0.4) is 0 Å². The van der Waals surface area contributed by atoms with Crippen LogP contribution < -0.4 is 15.1 Å². The number of amides is 2. The predicted octanol–water partition coefficient (Wildman–Crippen LogP) is 2.27. The molecule has 7 nitrogen and oxygen atoms in total. The molecule has 30 heavy (non-hydrogen) atoms. The van der Waals surface area contributed by atoms with Crippen molar-refractivity contribution in [3.05, 3.63) is 52.6 Å². The van der Waals surface area contributed by atoms with Crippen molar-refractivity contribution in [3.8, 4) is 0 Å². The third-order valence-corrected chi connectivity index (χ3v) is 6.23. The number of nitrogens with one attached hydrogen (secondary N) is 1. The molecule has 1 atom stereocenters. The summed E-state index contributed by atoms with van der Waals surface area (Å²) in [4.78, 5) is 36.1. The van der Waals surface area contributed by atoms with Crippen LogP contribution in [-0.4, -0.2) is 61.5 Å². The Balaban J connectivity index is 1.38. The molecule has 0 saturated carbocycles. The van der Waals surface area contributed by atoms with Crippen LogP contribution in [-0.2, 0) is 16.1 Å². The van der Waals surface area contributed by atoms with Crippen molar-refractivity contribution >= 4 is 39.2 Å². The number of anilines is 2. The number of carbonyl (C=O) groups excluding carboxylic acids is 2. The van der Waals surface area contributed by atoms with Crippen molar-refractivity contribution < 1.29 is 9.59 Å². The van der Waals surface area contributed by atoms with E-state index in [0.717, 1.165) is 47.7 Å². The van der Waals surface area contributed by atoms with E-state index in [2.05, 4.69) is 43.1 Å². The number of aromatic nitrogens is 1. The highest BCUT2D eigenvalue weighted by Crippen LogP contribution is 2.27. The second-order valence-corrected chi connectivity index (χ2v) is 8.80. The fraction of sp³-hybridized carbons (Fsp3) is 0.409. The number of carbonyl (C=O) groups is 2. The number of likely N-dealkylation sites (N-methyl/N-ethyl adjacent to an activating group) is 1. The number of halogens is 1. The first-order valence-electron chi connectivity index (χ1n) is 10.2. The molecule has 3 heterocycles. The van der Waals surface area contributed by atoms with E-state index < -0.39 is 0 Å². The summed E-state index contributed by atoms with van der Waals surface area (Å²) < 4.78 is 0.911. The van der Waals surface area contributed by atoms with E-state index in [0.29, 0.717) is 13.1 Å². The van der Waals surface area contributed by atoms with E-state index in [1.165, 1.54) is 0 Å². The van der Waals surface area contributed by atoms with Gasteiger partial charge in [-0.2, -0.15) is 0 Å². The summed E-state index contributed by atoms with van der Waals surface area (Å²) in [5, 5.41) is 3.03. The van der Waals surface area contributed by atoms with E-state index in [1.807, 2.05) is 36.4 Å². The molecule has 0 spiro atoms. The Kier molecular flexibility index (Phi) is 6.34. The molecule has 2 aliphatic heterocycles. The zero-order chi connectivity index (χ0) is 21.1. The zero-order valence-electron chi connectivity index (χ0n) is 17.1. The fourth-order valence-electron chi connectivity index (χ4n) is 3.97. The highest BCUT2D eigenvalue weighted by atomic mass is 79.9. The Morgan fingerprint density at radius 3 is 2.77 bits per heavy atom. The molecule has 0 bridgehead atoms. The van der Waals surface area contributed by atoms with Gasteiger partial charge in [0.25, 0.3) is 0 Å². The third-order valence-electron chi connectivity index (χ3n) is 5.74. The minimum Gasteiger partial charge on any atom is -0.354 e. The lowest BCUT2D eigenvalue weighted by Gasteiger charge is -2.34. The van der Waals surface area contributed by atoms with E-state index in [4.69, 9.17) is 0 Å². The Bertz CT molecular complexity index is 929. The number of nitrogens with zero attached hydrogens (tertiary/aromatic N) is 4. The summed E-state index contributed by atoms with van der Waals surface area (Å²) in [6, 6.07) is 11.5. The summed E-state index contributed by atoms with van der Waals surface area (Å²) in [7, 11) is 2.12. The third kappa shape index (κ3) is 4.65. The van der Waals surface area contributed by atoms with Crippen molar-refractivity contribution in [2.24, 2.45) is 5.92 Å². The second-order valence-electron chi connectivity index (χ2n) is 7.88. The van der Waals surface area contributed by atoms with E-state index >= 15 is 0 Å². The van der Waals surface area contributed by atoms with Crippen LogP contribution in [0.5, 0.6) is 0 Å². The molecule has 2 aliphatic rings. The van der Waals surface area contributed by atoms with E-state index in [-0.39, 0.29) is 24.2 Å². The average Bonchev–Trinajstić information content (AvgIpc) is 3.15. The Labute approximate surface area is 185 Å². The molecule has 2 amide bonds. The first-order valence-corrected chi connectivity index (χ1v) is 11.0. The van der Waals surface area contributed by atoms with Gasteiger partial charge in [-0.15, -0.1) is 0 Å². The van der Waals surface area contributed by atoms with Crippen molar-refractivity contribution in [1.29, 1.82) is 0 Å². The van der Waals surface area contributed by atoms with Crippen molar-refractivity contribution in [2.45, 2.75) is 13.0 Å². The minimum absolute atomic E-state index is 0.0206. The molecule has 1 N–H and O–H groups in total. The van der Waals surface area contributed by atoms with Gasteiger partial charge >= 0.3 is 0 Å². The summed E-state index contributed by atoms with van der Waals surface area (Å²) in [6.45, 7) is 4.66. The normalized spacial score (nSPS) is 19.9. The van der Waals surface area contributed by atoms with E-state index in [1.54, 1.807) is 11.1 Å². The van der Waals surface area contributed by atoms with Gasteiger partial charge in [-0.3, -0.25) is 9.59 Å². The Morgan fingerprint density at radius 1 is 1.20 bits per heavy atom. The molecular weight excluding hydrogens is 446 g/mol. The quantitative estimate of drug-likeness (QED) is 0.724. The number of rotatable bonds is 5. The van der Waals surface area contributed by atoms with Gasteiger partial charge in [0.2, 0.25) is 11.8 Å². The lowest BCUT2D eigenvalue weighted by atomic mass is 10.1. The summed E-state index contributed by atoms with van der Waals surface area (Å²) in [5.41, 5.74) is 1.82. The molecule has 2 saturated heterocycles. The molecule has 0 radical (unpaired) electrons. The maximum absolute atomic E-state index is 12.8. The van der Waals surface area contributed by atoms with Gasteiger partial charge in [0.05, 0.1) is 5.92 Å². The van der Waals surface area contributed by atoms with Gasteiger partial charge in [-0.05, 0) is 31.3 Å². The van der Waals surface area contributed by atoms with Crippen LogP contribution in [0, 0.1) is 5.92 Å². The van der Waals surface area contributed by atoms with Crippen LogP contribution in [0.2, 0.25) is 0 Å². The van der Waals surface area contributed by atoms with Crippen LogP contribution in [0.1, 0.15) is 12.0 Å². The maximum Gasteiger partial charge on any atom is 0.227 e. The Morgan fingerprint density at radius 2 is 2.00 bits per heavy atom. The van der Waals surface area contributed by atoms with Crippen molar-refractivity contribution in [3.63, 3.8) is 0 Å². The Hall–Kier alpha value is -2.45. The number of piperazine rings is 1. The highest BCUT2D eigenvalue weighted by Gasteiger charge is 2.35. The summed E-state index contributed by atoms with van der Waals surface area (Å²) in [5.74, 6) is 0.478. The summed E-state index contributed by atoms with van der Waals surface area (Å²) in [6.07, 6.45) is 2.03. The van der Waals surface area contributed by atoms with Crippen LogP contribution in [0.15, 0.2) is 47.1 Å². The molecule has 2 aromatic rings. The predicted molar refractivity (Wildman–Crippen MR) is 120 cm³/mol. The molecular formula is C22H26BrN5O2. The van der Waals surface area contributed by atoms with Gasteiger partial charge in [0.1, 0.15) is 5.82 Å². The molecule has 2 fully saturated rings. The van der Waals surface area contributed by atoms with Gasteiger partial charge < -0.3 is 20.0 Å². The van der Waals surface area contributed by atoms with Gasteiger partial charge in [-0.25, -0.2) is 4.98 Å². The lowest BCUT2D eigenvalue weighted by molar-refractivity contribution is -0.126. The molecule has 1 aromatic heterocycles. The van der Waals surface area contributed by atoms with Gasteiger partial charge in [0, 0.05) is 67.6 Å². The highest BCUT2D eigenvalue weighted by molar-refractivity contribution is 9.10. The smallest absolute Gasteiger partial charge is 0.227 e. The number of hydrogen-bond acceptors (Lipinski definition) is 5. The first kappa shape index (κ1) is 20.8. The molecule has 158 valence electrons. The molecule has 1 aromatic carbocycles. The topological polar surface area (TPSA) is 68.8 Å². The van der Waals surface area contributed by atoms with Crippen LogP contribution in [0.4, 0.5) is 11.5 Å². The molecule has 8 heteroatoms. The number of pyridine rings is 1. The number of hydrogen-bond donors (Lipinski definition) is 1. The van der Waals surface area contributed by atoms with Gasteiger partial charge in [0.15, 0.2) is 0 Å².